The molecule has 1 aliphatic carbocycles. The van der Waals surface area contributed by atoms with Crippen LogP contribution in [0, 0.1) is 0 Å². The highest BCUT2D eigenvalue weighted by atomic mass is 79.9. The van der Waals surface area contributed by atoms with Gasteiger partial charge >= 0.3 is 0 Å². The lowest BCUT2D eigenvalue weighted by atomic mass is 10.4. The molecule has 0 saturated heterocycles. The number of halogens is 1. The fourth-order valence-corrected chi connectivity index (χ4v) is 2.01. The molecule has 0 radical (unpaired) electrons. The number of thiazole rings is 1. The van der Waals surface area contributed by atoms with Crippen molar-refractivity contribution in [1.82, 2.24) is 8.91 Å². The van der Waals surface area contributed by atoms with Gasteiger partial charge in [0.25, 0.3) is 5.91 Å². The molecule has 0 aliphatic heterocycles. The summed E-state index contributed by atoms with van der Waals surface area (Å²) in [4.78, 5) is 15.5. The van der Waals surface area contributed by atoms with Gasteiger partial charge in [0, 0.05) is 11.4 Å². The largest absolute Gasteiger partial charge is 0.283 e. The Kier molecular flexibility index (Phi) is 2.14. The highest BCUT2D eigenvalue weighted by Gasteiger charge is 2.32. The van der Waals surface area contributed by atoms with E-state index < -0.39 is 0 Å². The van der Waals surface area contributed by atoms with Crippen LogP contribution in [0.25, 0.3) is 0 Å². The summed E-state index contributed by atoms with van der Waals surface area (Å²) in [6.07, 6.45) is 2.20. The van der Waals surface area contributed by atoms with Gasteiger partial charge in [-0.25, -0.2) is 4.98 Å². The number of hydrogen-bond donors (Lipinski definition) is 0. The molecule has 1 aromatic rings. The van der Waals surface area contributed by atoms with E-state index in [0.29, 0.717) is 11.7 Å². The summed E-state index contributed by atoms with van der Waals surface area (Å²) in [6.45, 7) is 0. The highest BCUT2D eigenvalue weighted by molar-refractivity contribution is 9.07. The number of amides is 1. The fourth-order valence-electron chi connectivity index (χ4n) is 0.895. The first-order valence-electron chi connectivity index (χ1n) is 3.66. The molecular formula is C7H7BrN2OS. The van der Waals surface area contributed by atoms with Crippen molar-refractivity contribution in [2.24, 2.45) is 0 Å². The van der Waals surface area contributed by atoms with E-state index in [1.165, 1.54) is 11.3 Å². The second-order valence-corrected chi connectivity index (χ2v) is 4.20. The lowest BCUT2D eigenvalue weighted by Crippen LogP contribution is -2.23. The number of rotatable bonds is 2. The Bertz CT molecular complexity index is 284. The van der Waals surface area contributed by atoms with Gasteiger partial charge in [0.05, 0.1) is 21.7 Å². The van der Waals surface area contributed by atoms with Crippen molar-refractivity contribution in [3.63, 3.8) is 0 Å². The third-order valence-electron chi connectivity index (χ3n) is 1.71. The maximum absolute atomic E-state index is 11.5. The van der Waals surface area contributed by atoms with Crippen LogP contribution in [0.5, 0.6) is 0 Å². The summed E-state index contributed by atoms with van der Waals surface area (Å²) < 4.78 is 1.60. The fraction of sp³-hybridized carbons (Fsp3) is 0.429. The van der Waals surface area contributed by atoms with Crippen molar-refractivity contribution in [2.45, 2.75) is 18.9 Å². The predicted molar refractivity (Wildman–Crippen MR) is 50.2 cm³/mol. The molecule has 1 aromatic heterocycles. The molecule has 1 heterocycles. The van der Waals surface area contributed by atoms with Crippen molar-refractivity contribution < 1.29 is 4.79 Å². The van der Waals surface area contributed by atoms with Crippen molar-refractivity contribution >= 4 is 33.4 Å². The standard InChI is InChI=1S/C7H7BrN2OS/c8-10(5-1-2-5)7(11)6-3-12-4-9-6/h3-5H,1-2H2. The van der Waals surface area contributed by atoms with E-state index >= 15 is 0 Å². The Labute approximate surface area is 82.7 Å². The molecule has 0 atom stereocenters. The SMILES string of the molecule is O=C(c1cscn1)N(Br)C1CC1. The Morgan fingerprint density at radius 2 is 2.50 bits per heavy atom. The molecule has 0 unspecified atom stereocenters. The van der Waals surface area contributed by atoms with E-state index in [2.05, 4.69) is 21.1 Å². The van der Waals surface area contributed by atoms with E-state index in [0.717, 1.165) is 12.8 Å². The first kappa shape index (κ1) is 8.19. The zero-order chi connectivity index (χ0) is 8.55. The van der Waals surface area contributed by atoms with Gasteiger partial charge in [0.1, 0.15) is 5.69 Å². The quantitative estimate of drug-likeness (QED) is 0.749. The van der Waals surface area contributed by atoms with E-state index in [4.69, 9.17) is 0 Å². The number of carbonyl (C=O) groups is 1. The van der Waals surface area contributed by atoms with Gasteiger partial charge in [0.2, 0.25) is 0 Å². The van der Waals surface area contributed by atoms with E-state index in [1.807, 2.05) is 0 Å². The third-order valence-corrected chi connectivity index (χ3v) is 3.20. The first-order chi connectivity index (χ1) is 5.79. The van der Waals surface area contributed by atoms with E-state index in [-0.39, 0.29) is 5.91 Å². The minimum Gasteiger partial charge on any atom is -0.270 e. The van der Waals surface area contributed by atoms with Gasteiger partial charge in [-0.3, -0.25) is 8.72 Å². The average molecular weight is 247 g/mol. The third kappa shape index (κ3) is 1.51. The molecule has 0 aromatic carbocycles. The summed E-state index contributed by atoms with van der Waals surface area (Å²) >= 11 is 4.68. The number of nitrogens with zero attached hydrogens (tertiary/aromatic N) is 2. The van der Waals surface area contributed by atoms with Crippen LogP contribution in [-0.2, 0) is 0 Å². The Morgan fingerprint density at radius 3 is 3.00 bits per heavy atom. The molecule has 12 heavy (non-hydrogen) atoms. The molecule has 0 N–H and O–H groups in total. The summed E-state index contributed by atoms with van der Waals surface area (Å²) in [5, 5.41) is 1.76. The highest BCUT2D eigenvalue weighted by Crippen LogP contribution is 2.30. The monoisotopic (exact) mass is 246 g/mol. The minimum atomic E-state index is -0.0289. The summed E-state index contributed by atoms with van der Waals surface area (Å²) in [5.74, 6) is -0.0289. The van der Waals surface area contributed by atoms with E-state index in [1.54, 1.807) is 14.8 Å². The van der Waals surface area contributed by atoms with Crippen LogP contribution < -0.4 is 0 Å². The molecular weight excluding hydrogens is 240 g/mol. The molecule has 0 spiro atoms. The smallest absolute Gasteiger partial charge is 0.270 e. The van der Waals surface area contributed by atoms with Crippen LogP contribution >= 0.6 is 27.5 Å². The second kappa shape index (κ2) is 3.14. The topological polar surface area (TPSA) is 33.2 Å². The molecule has 2 rings (SSSR count). The molecule has 1 amide bonds. The van der Waals surface area contributed by atoms with Crippen LogP contribution in [0.3, 0.4) is 0 Å². The van der Waals surface area contributed by atoms with Crippen molar-refractivity contribution in [3.05, 3.63) is 16.6 Å². The van der Waals surface area contributed by atoms with Gasteiger partial charge in [0.15, 0.2) is 0 Å². The molecule has 1 aliphatic rings. The van der Waals surface area contributed by atoms with Gasteiger partial charge in [-0.05, 0) is 12.8 Å². The van der Waals surface area contributed by atoms with Gasteiger partial charge < -0.3 is 0 Å². The average Bonchev–Trinajstić information content (AvgIpc) is 2.79. The molecule has 5 heteroatoms. The van der Waals surface area contributed by atoms with Crippen molar-refractivity contribution in [1.29, 1.82) is 0 Å². The van der Waals surface area contributed by atoms with E-state index in [9.17, 15) is 4.79 Å². The van der Waals surface area contributed by atoms with Crippen LogP contribution in [0.4, 0.5) is 0 Å². The predicted octanol–water partition coefficient (Wildman–Crippen LogP) is 2.06. The normalized spacial score (nSPS) is 16.1. The molecule has 1 saturated carbocycles. The Balaban J connectivity index is 2.09. The maximum atomic E-state index is 11.5. The summed E-state index contributed by atoms with van der Waals surface area (Å²) in [5.41, 5.74) is 2.20. The zero-order valence-corrected chi connectivity index (χ0v) is 8.64. The number of hydrogen-bond acceptors (Lipinski definition) is 3. The molecule has 1 fully saturated rings. The molecule has 3 nitrogen and oxygen atoms in total. The summed E-state index contributed by atoms with van der Waals surface area (Å²) in [6, 6.07) is 0.388. The van der Waals surface area contributed by atoms with Crippen LogP contribution in [0.2, 0.25) is 0 Å². The van der Waals surface area contributed by atoms with Gasteiger partial charge in [-0.2, -0.15) is 0 Å². The van der Waals surface area contributed by atoms with Crippen molar-refractivity contribution in [2.75, 3.05) is 0 Å². The van der Waals surface area contributed by atoms with Gasteiger partial charge in [-0.1, -0.05) is 0 Å². The lowest BCUT2D eigenvalue weighted by Gasteiger charge is -2.10. The van der Waals surface area contributed by atoms with Crippen LogP contribution in [-0.4, -0.2) is 20.9 Å². The lowest BCUT2D eigenvalue weighted by molar-refractivity contribution is 0.0869. The maximum Gasteiger partial charge on any atom is 0.283 e. The number of carbonyl (C=O) groups excluding carboxylic acids is 1. The summed E-state index contributed by atoms with van der Waals surface area (Å²) in [7, 11) is 0. The van der Waals surface area contributed by atoms with Crippen molar-refractivity contribution in [3.8, 4) is 0 Å². The van der Waals surface area contributed by atoms with Crippen LogP contribution in [0.1, 0.15) is 23.3 Å². The Hall–Kier alpha value is -0.420. The number of aromatic nitrogens is 1. The zero-order valence-electron chi connectivity index (χ0n) is 6.24. The molecule has 64 valence electrons. The molecule has 0 bridgehead atoms. The van der Waals surface area contributed by atoms with Crippen LogP contribution in [0.15, 0.2) is 10.9 Å². The minimum absolute atomic E-state index is 0.0289. The Morgan fingerprint density at radius 1 is 1.75 bits per heavy atom. The van der Waals surface area contributed by atoms with Gasteiger partial charge in [-0.15, -0.1) is 11.3 Å². The first-order valence-corrected chi connectivity index (χ1v) is 5.32. The second-order valence-electron chi connectivity index (χ2n) is 2.72.